The van der Waals surface area contributed by atoms with Gasteiger partial charge in [-0.15, -0.1) is 0 Å². The average molecular weight is 179 g/mol. The summed E-state index contributed by atoms with van der Waals surface area (Å²) in [6, 6.07) is 1.70. The van der Waals surface area contributed by atoms with Crippen LogP contribution in [-0.4, -0.2) is 16.3 Å². The molecule has 70 valence electrons. The molecule has 4 nitrogen and oxygen atoms in total. The van der Waals surface area contributed by atoms with Gasteiger partial charge in [-0.25, -0.2) is 4.68 Å². The first kappa shape index (κ1) is 8.44. The third-order valence-electron chi connectivity index (χ3n) is 2.36. The predicted molar refractivity (Wildman–Crippen MR) is 49.6 cm³/mol. The molecule has 0 aliphatic heterocycles. The van der Waals surface area contributed by atoms with Gasteiger partial charge in [0.25, 0.3) is 5.56 Å². The molecular weight excluding hydrogens is 166 g/mol. The van der Waals surface area contributed by atoms with E-state index < -0.39 is 0 Å². The van der Waals surface area contributed by atoms with E-state index in [1.165, 1.54) is 4.68 Å². The van der Waals surface area contributed by atoms with Crippen molar-refractivity contribution in [1.29, 1.82) is 0 Å². The largest absolute Gasteiger partial charge is 0.329 e. The number of aryl methyl sites for hydroxylation is 2. The molecule has 13 heavy (non-hydrogen) atoms. The molecule has 0 amide bonds. The van der Waals surface area contributed by atoms with Gasteiger partial charge in [0.2, 0.25) is 0 Å². The van der Waals surface area contributed by atoms with Gasteiger partial charge in [-0.2, -0.15) is 5.10 Å². The molecule has 4 heteroatoms. The summed E-state index contributed by atoms with van der Waals surface area (Å²) in [7, 11) is 0. The van der Waals surface area contributed by atoms with E-state index in [1.807, 2.05) is 0 Å². The summed E-state index contributed by atoms with van der Waals surface area (Å²) in [6.45, 7) is 0.984. The number of rotatable bonds is 2. The van der Waals surface area contributed by atoms with Crippen LogP contribution in [0.2, 0.25) is 0 Å². The summed E-state index contributed by atoms with van der Waals surface area (Å²) >= 11 is 0. The van der Waals surface area contributed by atoms with Gasteiger partial charge in [-0.1, -0.05) is 0 Å². The highest BCUT2D eigenvalue weighted by molar-refractivity contribution is 5.22. The van der Waals surface area contributed by atoms with Crippen LogP contribution >= 0.6 is 0 Å². The van der Waals surface area contributed by atoms with Crippen molar-refractivity contribution in [2.45, 2.75) is 25.8 Å². The van der Waals surface area contributed by atoms with Crippen molar-refractivity contribution in [1.82, 2.24) is 9.78 Å². The summed E-state index contributed by atoms with van der Waals surface area (Å²) < 4.78 is 1.46. The highest BCUT2D eigenvalue weighted by Gasteiger charge is 2.13. The number of fused-ring (bicyclic) bond motifs is 1. The minimum absolute atomic E-state index is 0.0221. The predicted octanol–water partition coefficient (Wildman–Crippen LogP) is -0.309. The van der Waals surface area contributed by atoms with Crippen LogP contribution in [0.4, 0.5) is 0 Å². The van der Waals surface area contributed by atoms with E-state index in [9.17, 15) is 4.79 Å². The molecule has 0 aromatic carbocycles. The Kier molecular flexibility index (Phi) is 2.14. The molecular formula is C9H13N3O. The molecule has 2 N–H and O–H groups in total. The molecule has 1 aliphatic rings. The average Bonchev–Trinajstić information content (AvgIpc) is 2.52. The summed E-state index contributed by atoms with van der Waals surface area (Å²) in [6.07, 6.45) is 3.12. The maximum absolute atomic E-state index is 11.4. The number of hydrogen-bond acceptors (Lipinski definition) is 3. The highest BCUT2D eigenvalue weighted by Crippen LogP contribution is 2.16. The van der Waals surface area contributed by atoms with Crippen molar-refractivity contribution in [3.63, 3.8) is 0 Å². The quantitative estimate of drug-likeness (QED) is 0.677. The van der Waals surface area contributed by atoms with Crippen LogP contribution < -0.4 is 11.3 Å². The van der Waals surface area contributed by atoms with Gasteiger partial charge in [0.1, 0.15) is 0 Å². The molecule has 0 bridgehead atoms. The fourth-order valence-electron chi connectivity index (χ4n) is 1.72. The van der Waals surface area contributed by atoms with Crippen LogP contribution in [0.3, 0.4) is 0 Å². The van der Waals surface area contributed by atoms with Gasteiger partial charge >= 0.3 is 0 Å². The van der Waals surface area contributed by atoms with Crippen LogP contribution in [0.1, 0.15) is 17.7 Å². The number of nitrogens with two attached hydrogens (primary N) is 1. The van der Waals surface area contributed by atoms with E-state index in [4.69, 9.17) is 5.73 Å². The van der Waals surface area contributed by atoms with Crippen molar-refractivity contribution in [2.75, 3.05) is 6.54 Å². The summed E-state index contributed by atoms with van der Waals surface area (Å²) in [4.78, 5) is 11.4. The first-order chi connectivity index (χ1) is 6.31. The Morgan fingerprint density at radius 2 is 2.38 bits per heavy atom. The Morgan fingerprint density at radius 3 is 3.15 bits per heavy atom. The van der Waals surface area contributed by atoms with Gasteiger partial charge < -0.3 is 5.73 Å². The lowest BCUT2D eigenvalue weighted by Crippen LogP contribution is -2.27. The van der Waals surface area contributed by atoms with E-state index >= 15 is 0 Å². The Hall–Kier alpha value is -1.16. The van der Waals surface area contributed by atoms with E-state index in [1.54, 1.807) is 6.07 Å². The van der Waals surface area contributed by atoms with Gasteiger partial charge in [0.05, 0.1) is 12.2 Å². The molecule has 0 radical (unpaired) electrons. The Morgan fingerprint density at radius 1 is 1.54 bits per heavy atom. The zero-order chi connectivity index (χ0) is 9.26. The lowest BCUT2D eigenvalue weighted by atomic mass is 10.2. The smallest absolute Gasteiger partial charge is 0.267 e. The minimum Gasteiger partial charge on any atom is -0.329 e. The molecule has 1 aromatic heterocycles. The van der Waals surface area contributed by atoms with E-state index in [0.29, 0.717) is 13.1 Å². The number of aromatic nitrogens is 2. The van der Waals surface area contributed by atoms with Crippen molar-refractivity contribution < 1.29 is 0 Å². The second kappa shape index (κ2) is 3.30. The molecule has 0 saturated heterocycles. The monoisotopic (exact) mass is 179 g/mol. The molecule has 0 saturated carbocycles. The van der Waals surface area contributed by atoms with Crippen LogP contribution in [0.15, 0.2) is 10.9 Å². The molecule has 1 aliphatic carbocycles. The molecule has 0 spiro atoms. The molecule has 1 aromatic rings. The summed E-state index contributed by atoms with van der Waals surface area (Å²) in [5, 5.41) is 4.27. The second-order valence-corrected chi connectivity index (χ2v) is 3.32. The number of hydrogen-bond donors (Lipinski definition) is 1. The Labute approximate surface area is 76.4 Å². The number of nitrogens with zero attached hydrogens (tertiary/aromatic N) is 2. The highest BCUT2D eigenvalue weighted by atomic mass is 16.1. The van der Waals surface area contributed by atoms with Gasteiger partial charge in [-0.3, -0.25) is 4.79 Å². The maximum Gasteiger partial charge on any atom is 0.267 e. The lowest BCUT2D eigenvalue weighted by Gasteiger charge is -2.04. The van der Waals surface area contributed by atoms with Gasteiger partial charge in [-0.05, 0) is 24.8 Å². The van der Waals surface area contributed by atoms with Crippen molar-refractivity contribution >= 4 is 0 Å². The fourth-order valence-corrected chi connectivity index (χ4v) is 1.72. The Bertz CT molecular complexity index is 370. The van der Waals surface area contributed by atoms with E-state index in [-0.39, 0.29) is 5.56 Å². The molecule has 0 unspecified atom stereocenters. The molecule has 0 fully saturated rings. The SMILES string of the molecule is NCCn1nc2c(cc1=O)CCC2. The van der Waals surface area contributed by atoms with Crippen LogP contribution in [-0.2, 0) is 19.4 Å². The van der Waals surface area contributed by atoms with Crippen molar-refractivity contribution in [3.8, 4) is 0 Å². The third kappa shape index (κ3) is 1.49. The van der Waals surface area contributed by atoms with E-state index in [0.717, 1.165) is 30.5 Å². The van der Waals surface area contributed by atoms with Crippen LogP contribution in [0.5, 0.6) is 0 Å². The first-order valence-corrected chi connectivity index (χ1v) is 4.61. The van der Waals surface area contributed by atoms with Crippen molar-refractivity contribution in [3.05, 3.63) is 27.7 Å². The summed E-state index contributed by atoms with van der Waals surface area (Å²) in [5.74, 6) is 0. The minimum atomic E-state index is -0.0221. The zero-order valence-corrected chi connectivity index (χ0v) is 7.49. The second-order valence-electron chi connectivity index (χ2n) is 3.32. The fraction of sp³-hybridized carbons (Fsp3) is 0.556. The van der Waals surface area contributed by atoms with E-state index in [2.05, 4.69) is 5.10 Å². The zero-order valence-electron chi connectivity index (χ0n) is 7.49. The van der Waals surface area contributed by atoms with Crippen LogP contribution in [0, 0.1) is 0 Å². The normalized spacial score (nSPS) is 14.5. The molecule has 0 atom stereocenters. The molecule has 2 rings (SSSR count). The standard InChI is InChI=1S/C9H13N3O/c10-4-5-12-9(13)6-7-2-1-3-8(7)11-12/h6H,1-5,10H2. The lowest BCUT2D eigenvalue weighted by molar-refractivity contribution is 0.575. The topological polar surface area (TPSA) is 60.9 Å². The Balaban J connectivity index is 2.43. The molecule has 1 heterocycles. The van der Waals surface area contributed by atoms with Crippen LogP contribution in [0.25, 0.3) is 0 Å². The first-order valence-electron chi connectivity index (χ1n) is 4.61. The maximum atomic E-state index is 11.4. The summed E-state index contributed by atoms with van der Waals surface area (Å²) in [5.41, 5.74) is 7.55. The van der Waals surface area contributed by atoms with Crippen molar-refractivity contribution in [2.24, 2.45) is 5.73 Å². The van der Waals surface area contributed by atoms with Gasteiger partial charge in [0, 0.05) is 12.6 Å². The third-order valence-corrected chi connectivity index (χ3v) is 2.36. The van der Waals surface area contributed by atoms with Gasteiger partial charge in [0.15, 0.2) is 0 Å².